The smallest absolute Gasteiger partial charge is 0.158 e. The monoisotopic (exact) mass is 297 g/mol. The molecule has 0 radical (unpaired) electrons. The van der Waals surface area contributed by atoms with Crippen molar-refractivity contribution in [3.8, 4) is 0 Å². The van der Waals surface area contributed by atoms with E-state index in [0.717, 1.165) is 12.4 Å². The summed E-state index contributed by atoms with van der Waals surface area (Å²) in [6.45, 7) is 1.29. The van der Waals surface area contributed by atoms with Crippen LogP contribution in [0.4, 0.5) is 11.6 Å². The SMILES string of the molecule is COCc1nc(NN)cc(NCC2(SC)CCCC2)n1. The molecule has 2 rings (SSSR count). The number of hydrogen-bond donors (Lipinski definition) is 3. The molecule has 0 aliphatic heterocycles. The molecule has 1 aromatic rings. The minimum atomic E-state index is 0.336. The lowest BCUT2D eigenvalue weighted by molar-refractivity contribution is 0.178. The van der Waals surface area contributed by atoms with Crippen LogP contribution < -0.4 is 16.6 Å². The largest absolute Gasteiger partial charge is 0.377 e. The van der Waals surface area contributed by atoms with Crippen LogP contribution >= 0.6 is 11.8 Å². The minimum Gasteiger partial charge on any atom is -0.377 e. The van der Waals surface area contributed by atoms with Gasteiger partial charge in [0, 0.05) is 24.5 Å². The number of ether oxygens (including phenoxy) is 1. The third-order valence-corrected chi connectivity index (χ3v) is 5.15. The van der Waals surface area contributed by atoms with Crippen LogP contribution in [0.5, 0.6) is 0 Å². The third-order valence-electron chi connectivity index (χ3n) is 3.73. The van der Waals surface area contributed by atoms with Gasteiger partial charge in [-0.1, -0.05) is 12.8 Å². The number of rotatable bonds is 7. The topological polar surface area (TPSA) is 85.1 Å². The van der Waals surface area contributed by atoms with Crippen molar-refractivity contribution in [1.82, 2.24) is 9.97 Å². The van der Waals surface area contributed by atoms with Crippen molar-refractivity contribution in [2.24, 2.45) is 5.84 Å². The van der Waals surface area contributed by atoms with Crippen LogP contribution in [-0.4, -0.2) is 34.6 Å². The van der Waals surface area contributed by atoms with Gasteiger partial charge < -0.3 is 15.5 Å². The summed E-state index contributed by atoms with van der Waals surface area (Å²) >= 11 is 1.95. The molecule has 1 saturated carbocycles. The van der Waals surface area contributed by atoms with Crippen LogP contribution in [0.2, 0.25) is 0 Å². The number of nitrogen functional groups attached to an aromatic ring is 1. The standard InChI is InChI=1S/C13H23N5OS/c1-19-8-12-16-10(7-11(17-12)18-14)15-9-13(20-2)5-3-4-6-13/h7H,3-6,8-9,14H2,1-2H3,(H2,15,16,17,18). The molecule has 0 amide bonds. The van der Waals surface area contributed by atoms with Crippen LogP contribution in [0.3, 0.4) is 0 Å². The number of anilines is 2. The quantitative estimate of drug-likeness (QED) is 0.524. The number of nitrogens with one attached hydrogen (secondary N) is 2. The van der Waals surface area contributed by atoms with Crippen molar-refractivity contribution in [3.63, 3.8) is 0 Å². The van der Waals surface area contributed by atoms with Gasteiger partial charge in [-0.15, -0.1) is 0 Å². The summed E-state index contributed by atoms with van der Waals surface area (Å²) in [6, 6.07) is 1.82. The lowest BCUT2D eigenvalue weighted by Gasteiger charge is -2.27. The predicted octanol–water partition coefficient (Wildman–Crippen LogP) is 2.00. The van der Waals surface area contributed by atoms with E-state index in [2.05, 4.69) is 27.0 Å². The first kappa shape index (κ1) is 15.3. The molecule has 0 unspecified atom stereocenters. The summed E-state index contributed by atoms with van der Waals surface area (Å²) in [6.07, 6.45) is 7.35. The van der Waals surface area contributed by atoms with Gasteiger partial charge in [-0.3, -0.25) is 0 Å². The molecule has 1 aliphatic rings. The highest BCUT2D eigenvalue weighted by molar-refractivity contribution is 8.00. The molecule has 0 saturated heterocycles. The maximum absolute atomic E-state index is 5.44. The molecule has 7 heteroatoms. The second-order valence-corrected chi connectivity index (χ2v) is 6.35. The van der Waals surface area contributed by atoms with E-state index in [-0.39, 0.29) is 0 Å². The van der Waals surface area contributed by atoms with E-state index < -0.39 is 0 Å². The van der Waals surface area contributed by atoms with E-state index >= 15 is 0 Å². The number of thioether (sulfide) groups is 1. The normalized spacial score (nSPS) is 17.1. The van der Waals surface area contributed by atoms with Crippen molar-refractivity contribution < 1.29 is 4.74 Å². The van der Waals surface area contributed by atoms with Gasteiger partial charge in [-0.2, -0.15) is 11.8 Å². The zero-order valence-electron chi connectivity index (χ0n) is 12.1. The van der Waals surface area contributed by atoms with Crippen molar-refractivity contribution in [2.45, 2.75) is 37.0 Å². The predicted molar refractivity (Wildman–Crippen MR) is 83.8 cm³/mol. The molecule has 0 bridgehead atoms. The summed E-state index contributed by atoms with van der Waals surface area (Å²) in [4.78, 5) is 8.69. The molecular formula is C13H23N5OS. The molecule has 1 heterocycles. The highest BCUT2D eigenvalue weighted by atomic mass is 32.2. The highest BCUT2D eigenvalue weighted by Crippen LogP contribution is 2.40. The number of hydrogen-bond acceptors (Lipinski definition) is 7. The first-order valence-corrected chi connectivity index (χ1v) is 8.06. The van der Waals surface area contributed by atoms with E-state index in [1.54, 1.807) is 7.11 Å². The van der Waals surface area contributed by atoms with Crippen LogP contribution in [0.1, 0.15) is 31.5 Å². The molecule has 1 fully saturated rings. The summed E-state index contributed by atoms with van der Waals surface area (Å²) in [5.74, 6) is 7.45. The first-order chi connectivity index (χ1) is 9.71. The van der Waals surface area contributed by atoms with Gasteiger partial charge in [0.15, 0.2) is 5.82 Å². The average Bonchev–Trinajstić information content (AvgIpc) is 2.95. The molecule has 0 aromatic carbocycles. The van der Waals surface area contributed by atoms with Gasteiger partial charge in [0.05, 0.1) is 0 Å². The number of hydrazine groups is 1. The van der Waals surface area contributed by atoms with Gasteiger partial charge >= 0.3 is 0 Å². The molecule has 1 aromatic heterocycles. The summed E-state index contributed by atoms with van der Waals surface area (Å²) in [5.41, 5.74) is 2.57. The van der Waals surface area contributed by atoms with Crippen molar-refractivity contribution in [1.29, 1.82) is 0 Å². The van der Waals surface area contributed by atoms with E-state index in [4.69, 9.17) is 10.6 Å². The lowest BCUT2D eigenvalue weighted by Crippen LogP contribution is -2.30. The summed E-state index contributed by atoms with van der Waals surface area (Å²) < 4.78 is 5.41. The van der Waals surface area contributed by atoms with Crippen molar-refractivity contribution >= 4 is 23.4 Å². The number of nitrogens with two attached hydrogens (primary N) is 1. The Morgan fingerprint density at radius 1 is 1.35 bits per heavy atom. The Bertz CT molecular complexity index is 437. The fraction of sp³-hybridized carbons (Fsp3) is 0.692. The van der Waals surface area contributed by atoms with E-state index in [0.29, 0.717) is 23.0 Å². The summed E-state index contributed by atoms with van der Waals surface area (Å²) in [7, 11) is 1.63. The van der Waals surface area contributed by atoms with Crippen LogP contribution in [-0.2, 0) is 11.3 Å². The Morgan fingerprint density at radius 2 is 2.05 bits per heavy atom. The molecule has 20 heavy (non-hydrogen) atoms. The Hall–Kier alpha value is -1.05. The zero-order valence-corrected chi connectivity index (χ0v) is 12.9. The van der Waals surface area contributed by atoms with Crippen LogP contribution in [0.25, 0.3) is 0 Å². The molecule has 1 aliphatic carbocycles. The van der Waals surface area contributed by atoms with Gasteiger partial charge in [0.1, 0.15) is 18.2 Å². The average molecular weight is 297 g/mol. The van der Waals surface area contributed by atoms with Crippen LogP contribution in [0.15, 0.2) is 6.07 Å². The summed E-state index contributed by atoms with van der Waals surface area (Å²) in [5, 5.41) is 3.43. The Labute approximate surface area is 124 Å². The van der Waals surface area contributed by atoms with Crippen molar-refractivity contribution in [2.75, 3.05) is 30.7 Å². The maximum Gasteiger partial charge on any atom is 0.158 e. The number of aromatic nitrogens is 2. The molecule has 0 spiro atoms. The molecule has 0 atom stereocenters. The second kappa shape index (κ2) is 7.10. The van der Waals surface area contributed by atoms with Gasteiger partial charge in [0.25, 0.3) is 0 Å². The molecular weight excluding hydrogens is 274 g/mol. The third kappa shape index (κ3) is 3.74. The highest BCUT2D eigenvalue weighted by Gasteiger charge is 2.32. The fourth-order valence-corrected chi connectivity index (χ4v) is 3.49. The van der Waals surface area contributed by atoms with Gasteiger partial charge in [-0.05, 0) is 19.1 Å². The second-order valence-electron chi connectivity index (χ2n) is 5.08. The minimum absolute atomic E-state index is 0.336. The van der Waals surface area contributed by atoms with E-state index in [1.165, 1.54) is 25.7 Å². The lowest BCUT2D eigenvalue weighted by atomic mass is 10.1. The van der Waals surface area contributed by atoms with Gasteiger partial charge in [0.2, 0.25) is 0 Å². The Balaban J connectivity index is 2.06. The first-order valence-electron chi connectivity index (χ1n) is 6.84. The van der Waals surface area contributed by atoms with Crippen LogP contribution in [0, 0.1) is 0 Å². The van der Waals surface area contributed by atoms with E-state index in [1.807, 2.05) is 17.8 Å². The van der Waals surface area contributed by atoms with E-state index in [9.17, 15) is 0 Å². The zero-order chi connectivity index (χ0) is 14.4. The molecule has 112 valence electrons. The Morgan fingerprint density at radius 3 is 2.65 bits per heavy atom. The fourth-order valence-electron chi connectivity index (χ4n) is 2.58. The molecule has 6 nitrogen and oxygen atoms in total. The van der Waals surface area contributed by atoms with Crippen molar-refractivity contribution in [3.05, 3.63) is 11.9 Å². The number of methoxy groups -OCH3 is 1. The number of nitrogens with zero attached hydrogens (tertiary/aromatic N) is 2. The van der Waals surface area contributed by atoms with Gasteiger partial charge in [-0.25, -0.2) is 15.8 Å². The Kier molecular flexibility index (Phi) is 5.45. The molecule has 4 N–H and O–H groups in total. The maximum atomic E-state index is 5.44.